The molecule has 2 unspecified atom stereocenters. The first-order valence-electron chi connectivity index (χ1n) is 9.32. The van der Waals surface area contributed by atoms with E-state index in [2.05, 4.69) is 36.1 Å². The molecule has 1 aliphatic heterocycles. The number of morpholine rings is 1. The molecule has 6 nitrogen and oxygen atoms in total. The molecule has 0 bridgehead atoms. The predicted octanol–water partition coefficient (Wildman–Crippen LogP) is 2.74. The number of rotatable bonds is 7. The Morgan fingerprint density at radius 1 is 1.31 bits per heavy atom. The summed E-state index contributed by atoms with van der Waals surface area (Å²) in [6.07, 6.45) is 3.29. The van der Waals surface area contributed by atoms with Crippen LogP contribution in [-0.4, -0.2) is 59.0 Å². The maximum Gasteiger partial charge on any atom is 0.244 e. The number of ether oxygens (including phenoxy) is 1. The van der Waals surface area contributed by atoms with Gasteiger partial charge in [0.1, 0.15) is 5.15 Å². The smallest absolute Gasteiger partial charge is 0.244 e. The van der Waals surface area contributed by atoms with Crippen LogP contribution in [0.25, 0.3) is 6.08 Å². The molecule has 146 valence electrons. The third-order valence-corrected chi connectivity index (χ3v) is 5.16. The van der Waals surface area contributed by atoms with Gasteiger partial charge in [-0.3, -0.25) is 14.4 Å². The van der Waals surface area contributed by atoms with Crippen LogP contribution in [0.1, 0.15) is 39.0 Å². The number of carbonyl (C=O) groups excluding carboxylic acids is 1. The Hall–Kier alpha value is -1.37. The zero-order valence-corrected chi connectivity index (χ0v) is 17.2. The van der Waals surface area contributed by atoms with Crippen LogP contribution in [0, 0.1) is 12.8 Å². The molecule has 2 heterocycles. The molecule has 0 aliphatic carbocycles. The second-order valence-electron chi connectivity index (χ2n) is 7.39. The van der Waals surface area contributed by atoms with Gasteiger partial charge in [0, 0.05) is 43.4 Å². The molecule has 0 spiro atoms. The zero-order chi connectivity index (χ0) is 19.3. The highest BCUT2D eigenvalue weighted by molar-refractivity contribution is 6.31. The van der Waals surface area contributed by atoms with Crippen molar-refractivity contribution in [2.24, 2.45) is 5.92 Å². The summed E-state index contributed by atoms with van der Waals surface area (Å²) in [6.45, 7) is 14.4. The van der Waals surface area contributed by atoms with Crippen LogP contribution < -0.4 is 5.32 Å². The highest BCUT2D eigenvalue weighted by atomic mass is 35.5. The number of aromatic nitrogens is 2. The van der Waals surface area contributed by atoms with Gasteiger partial charge in [0.15, 0.2) is 0 Å². The van der Waals surface area contributed by atoms with Crippen molar-refractivity contribution >= 4 is 23.6 Å². The fraction of sp³-hybridized carbons (Fsp3) is 0.684. The Labute approximate surface area is 161 Å². The summed E-state index contributed by atoms with van der Waals surface area (Å²) in [4.78, 5) is 14.7. The van der Waals surface area contributed by atoms with Crippen molar-refractivity contribution in [3.05, 3.63) is 22.5 Å². The van der Waals surface area contributed by atoms with E-state index in [1.165, 1.54) is 6.08 Å². The Kier molecular flexibility index (Phi) is 7.68. The van der Waals surface area contributed by atoms with Crippen molar-refractivity contribution < 1.29 is 9.53 Å². The summed E-state index contributed by atoms with van der Waals surface area (Å²) < 4.78 is 7.18. The lowest BCUT2D eigenvalue weighted by Gasteiger charge is -2.35. The van der Waals surface area contributed by atoms with Gasteiger partial charge in [-0.1, -0.05) is 25.4 Å². The van der Waals surface area contributed by atoms with E-state index in [0.29, 0.717) is 11.1 Å². The number of halogens is 1. The second-order valence-corrected chi connectivity index (χ2v) is 7.74. The van der Waals surface area contributed by atoms with E-state index >= 15 is 0 Å². The first-order valence-corrected chi connectivity index (χ1v) is 9.70. The van der Waals surface area contributed by atoms with Gasteiger partial charge in [-0.2, -0.15) is 5.10 Å². The summed E-state index contributed by atoms with van der Waals surface area (Å²) in [5.74, 6) is 0.333. The van der Waals surface area contributed by atoms with Crippen LogP contribution >= 0.6 is 11.6 Å². The third-order valence-electron chi connectivity index (χ3n) is 4.76. The standard InChI is InChI=1S/C19H31ClN4O2/c1-13(2)12-24-19(20)17(15(4)22-24)6-7-18(25)21-14(3)16(5)23-8-10-26-11-9-23/h6-7,13-14,16H,8-12H2,1-5H3,(H,21,25)/b7-6+. The molecule has 1 amide bonds. The lowest BCUT2D eigenvalue weighted by molar-refractivity contribution is -0.117. The maximum absolute atomic E-state index is 12.3. The molecular weight excluding hydrogens is 352 g/mol. The molecule has 26 heavy (non-hydrogen) atoms. The molecule has 0 radical (unpaired) electrons. The number of hydrogen-bond acceptors (Lipinski definition) is 4. The number of carbonyl (C=O) groups is 1. The lowest BCUT2D eigenvalue weighted by atomic mass is 10.1. The second kappa shape index (κ2) is 9.53. The molecule has 0 saturated carbocycles. The summed E-state index contributed by atoms with van der Waals surface area (Å²) in [5.41, 5.74) is 1.63. The lowest BCUT2D eigenvalue weighted by Crippen LogP contribution is -2.51. The fourth-order valence-electron chi connectivity index (χ4n) is 3.08. The van der Waals surface area contributed by atoms with E-state index in [0.717, 1.165) is 44.1 Å². The van der Waals surface area contributed by atoms with Gasteiger partial charge in [-0.05, 0) is 32.8 Å². The quantitative estimate of drug-likeness (QED) is 0.736. The van der Waals surface area contributed by atoms with Crippen LogP contribution in [-0.2, 0) is 16.1 Å². The Bertz CT molecular complexity index is 636. The molecular formula is C19H31ClN4O2. The van der Waals surface area contributed by atoms with Crippen molar-refractivity contribution in [2.45, 2.75) is 53.2 Å². The predicted molar refractivity (Wildman–Crippen MR) is 105 cm³/mol. The molecule has 1 aromatic rings. The average molecular weight is 383 g/mol. The van der Waals surface area contributed by atoms with Crippen LogP contribution in [0.5, 0.6) is 0 Å². The van der Waals surface area contributed by atoms with E-state index in [-0.39, 0.29) is 18.0 Å². The molecule has 1 N–H and O–H groups in total. The van der Waals surface area contributed by atoms with Gasteiger partial charge in [0.2, 0.25) is 5.91 Å². The van der Waals surface area contributed by atoms with Crippen molar-refractivity contribution in [3.63, 3.8) is 0 Å². The summed E-state index contributed by atoms with van der Waals surface area (Å²) in [7, 11) is 0. The van der Waals surface area contributed by atoms with Gasteiger partial charge in [0.05, 0.1) is 18.9 Å². The summed E-state index contributed by atoms with van der Waals surface area (Å²) in [5, 5.41) is 8.09. The highest BCUT2D eigenvalue weighted by Crippen LogP contribution is 2.22. The Morgan fingerprint density at radius 2 is 1.96 bits per heavy atom. The molecule has 2 rings (SSSR count). The first kappa shape index (κ1) is 20.9. The van der Waals surface area contributed by atoms with Crippen molar-refractivity contribution in [1.82, 2.24) is 20.0 Å². The van der Waals surface area contributed by atoms with E-state index in [9.17, 15) is 4.79 Å². The van der Waals surface area contributed by atoms with E-state index in [4.69, 9.17) is 16.3 Å². The van der Waals surface area contributed by atoms with Crippen molar-refractivity contribution in [3.8, 4) is 0 Å². The third kappa shape index (κ3) is 5.56. The minimum Gasteiger partial charge on any atom is -0.379 e. The van der Waals surface area contributed by atoms with Crippen LogP contribution in [0.4, 0.5) is 0 Å². The van der Waals surface area contributed by atoms with Crippen LogP contribution in [0.2, 0.25) is 5.15 Å². The number of nitrogens with zero attached hydrogens (tertiary/aromatic N) is 3. The Morgan fingerprint density at radius 3 is 2.58 bits per heavy atom. The van der Waals surface area contributed by atoms with Crippen LogP contribution in [0.15, 0.2) is 6.08 Å². The van der Waals surface area contributed by atoms with E-state index in [1.54, 1.807) is 10.8 Å². The zero-order valence-electron chi connectivity index (χ0n) is 16.5. The number of hydrogen-bond donors (Lipinski definition) is 1. The largest absolute Gasteiger partial charge is 0.379 e. The molecule has 1 fully saturated rings. The topological polar surface area (TPSA) is 59.4 Å². The molecule has 1 aliphatic rings. The minimum atomic E-state index is -0.121. The average Bonchev–Trinajstić information content (AvgIpc) is 2.86. The molecule has 0 aromatic carbocycles. The van der Waals surface area contributed by atoms with Crippen LogP contribution in [0.3, 0.4) is 0 Å². The summed E-state index contributed by atoms with van der Waals surface area (Å²) >= 11 is 6.41. The van der Waals surface area contributed by atoms with E-state index in [1.807, 2.05) is 13.8 Å². The Balaban J connectivity index is 1.95. The summed E-state index contributed by atoms with van der Waals surface area (Å²) in [6, 6.07) is 0.306. The van der Waals surface area contributed by atoms with Crippen molar-refractivity contribution in [2.75, 3.05) is 26.3 Å². The van der Waals surface area contributed by atoms with Gasteiger partial charge >= 0.3 is 0 Å². The number of amides is 1. The fourth-order valence-corrected chi connectivity index (χ4v) is 3.38. The van der Waals surface area contributed by atoms with Gasteiger partial charge in [0.25, 0.3) is 0 Å². The highest BCUT2D eigenvalue weighted by Gasteiger charge is 2.22. The molecule has 1 aromatic heterocycles. The molecule has 2 atom stereocenters. The van der Waals surface area contributed by atoms with Gasteiger partial charge < -0.3 is 10.1 Å². The number of nitrogens with one attached hydrogen (secondary N) is 1. The van der Waals surface area contributed by atoms with Gasteiger partial charge in [-0.15, -0.1) is 0 Å². The molecule has 7 heteroatoms. The molecule has 1 saturated heterocycles. The van der Waals surface area contributed by atoms with Crippen molar-refractivity contribution in [1.29, 1.82) is 0 Å². The normalized spacial score (nSPS) is 18.4. The van der Waals surface area contributed by atoms with Gasteiger partial charge in [-0.25, -0.2) is 0 Å². The maximum atomic E-state index is 12.3. The first-order chi connectivity index (χ1) is 12.3. The SMILES string of the molecule is Cc1nn(CC(C)C)c(Cl)c1/C=C/C(=O)NC(C)C(C)N1CCOCC1. The van der Waals surface area contributed by atoms with E-state index < -0.39 is 0 Å². The number of aryl methyl sites for hydroxylation is 1. The monoisotopic (exact) mass is 382 g/mol. The minimum absolute atomic E-state index is 0.0467.